The second-order valence-electron chi connectivity index (χ2n) is 3.81. The summed E-state index contributed by atoms with van der Waals surface area (Å²) in [4.78, 5) is 38.2. The molecule has 0 unspecified atom stereocenters. The molecule has 0 bridgehead atoms. The number of ketones is 2. The van der Waals surface area contributed by atoms with E-state index in [0.717, 1.165) is 6.08 Å². The molecule has 0 atom stereocenters. The van der Waals surface area contributed by atoms with Gasteiger partial charge < -0.3 is 4.98 Å². The zero-order valence-corrected chi connectivity index (χ0v) is 8.69. The van der Waals surface area contributed by atoms with Gasteiger partial charge in [-0.3, -0.25) is 14.4 Å². The average Bonchev–Trinajstić information content (AvgIpc) is 2.34. The minimum atomic E-state index is -0.424. The Hall–Kier alpha value is -2.49. The van der Waals surface area contributed by atoms with Crippen molar-refractivity contribution in [3.05, 3.63) is 57.9 Å². The number of hydrogen-bond acceptors (Lipinski definition) is 3. The number of H-pyrrole nitrogens is 1. The van der Waals surface area contributed by atoms with E-state index >= 15 is 0 Å². The number of benzene rings is 1. The van der Waals surface area contributed by atoms with Crippen LogP contribution in [0, 0.1) is 0 Å². The standard InChI is InChI=1S/C13H7NO3/c15-9-5-6-10(16)12-11(9)13(17)7-3-1-2-4-8(7)14-12/h1-6H,(H,14,17). The number of nitrogens with one attached hydrogen (secondary N) is 1. The Balaban J connectivity index is 2.53. The molecule has 0 aliphatic heterocycles. The van der Waals surface area contributed by atoms with Crippen LogP contribution in [0.5, 0.6) is 0 Å². The summed E-state index contributed by atoms with van der Waals surface area (Å²) in [6.45, 7) is 0. The van der Waals surface area contributed by atoms with Crippen LogP contribution < -0.4 is 5.43 Å². The summed E-state index contributed by atoms with van der Waals surface area (Å²) in [6.07, 6.45) is 2.31. The third-order valence-corrected chi connectivity index (χ3v) is 2.79. The number of pyridine rings is 1. The molecule has 1 aliphatic carbocycles. The van der Waals surface area contributed by atoms with E-state index in [1.165, 1.54) is 6.08 Å². The molecule has 82 valence electrons. The van der Waals surface area contributed by atoms with Crippen molar-refractivity contribution in [3.8, 4) is 0 Å². The zero-order chi connectivity index (χ0) is 12.0. The summed E-state index contributed by atoms with van der Waals surface area (Å²) in [6, 6.07) is 6.81. The monoisotopic (exact) mass is 225 g/mol. The van der Waals surface area contributed by atoms with Gasteiger partial charge >= 0.3 is 0 Å². The minimum absolute atomic E-state index is 0.0591. The van der Waals surface area contributed by atoms with Crippen molar-refractivity contribution in [1.82, 2.24) is 4.98 Å². The van der Waals surface area contributed by atoms with Crippen LogP contribution in [0.3, 0.4) is 0 Å². The summed E-state index contributed by atoms with van der Waals surface area (Å²) >= 11 is 0. The van der Waals surface area contributed by atoms with Crippen LogP contribution in [-0.4, -0.2) is 16.6 Å². The average molecular weight is 225 g/mol. The maximum atomic E-state index is 12.1. The number of aromatic amines is 1. The molecule has 1 aromatic heterocycles. The molecule has 1 heterocycles. The van der Waals surface area contributed by atoms with Crippen LogP contribution in [-0.2, 0) is 0 Å². The van der Waals surface area contributed by atoms with Gasteiger partial charge in [0, 0.05) is 10.9 Å². The van der Waals surface area contributed by atoms with Crippen molar-refractivity contribution in [3.63, 3.8) is 0 Å². The number of hydrogen-bond donors (Lipinski definition) is 1. The van der Waals surface area contributed by atoms with Crippen molar-refractivity contribution >= 4 is 22.5 Å². The molecule has 1 N–H and O–H groups in total. The van der Waals surface area contributed by atoms with Crippen molar-refractivity contribution in [2.75, 3.05) is 0 Å². The molecular formula is C13H7NO3. The molecule has 0 radical (unpaired) electrons. The number of allylic oxidation sites excluding steroid dienone is 2. The molecule has 1 aliphatic rings. The summed E-state index contributed by atoms with van der Waals surface area (Å²) in [5.41, 5.74) is 0.196. The summed E-state index contributed by atoms with van der Waals surface area (Å²) in [5.74, 6) is -0.769. The molecule has 0 fully saturated rings. The highest BCUT2D eigenvalue weighted by atomic mass is 16.1. The number of aromatic nitrogens is 1. The molecule has 4 heteroatoms. The molecule has 0 saturated carbocycles. The van der Waals surface area contributed by atoms with Crippen molar-refractivity contribution in [2.45, 2.75) is 0 Å². The second kappa shape index (κ2) is 3.25. The predicted octanol–water partition coefficient (Wildman–Crippen LogP) is 1.46. The van der Waals surface area contributed by atoms with Gasteiger partial charge in [-0.05, 0) is 24.3 Å². The summed E-state index contributed by atoms with van der Waals surface area (Å²) in [5, 5.41) is 0.419. The van der Waals surface area contributed by atoms with Gasteiger partial charge in [-0.2, -0.15) is 0 Å². The second-order valence-corrected chi connectivity index (χ2v) is 3.81. The van der Waals surface area contributed by atoms with Gasteiger partial charge in [0.25, 0.3) is 0 Å². The van der Waals surface area contributed by atoms with E-state index in [1.54, 1.807) is 24.3 Å². The zero-order valence-electron chi connectivity index (χ0n) is 8.69. The highest BCUT2D eigenvalue weighted by Gasteiger charge is 2.24. The molecule has 0 saturated heterocycles. The maximum Gasteiger partial charge on any atom is 0.203 e. The van der Waals surface area contributed by atoms with E-state index in [2.05, 4.69) is 4.98 Å². The molecule has 2 aromatic rings. The van der Waals surface area contributed by atoms with Gasteiger partial charge in [-0.25, -0.2) is 0 Å². The first-order chi connectivity index (χ1) is 8.18. The van der Waals surface area contributed by atoms with Crippen LogP contribution >= 0.6 is 0 Å². The normalized spacial score (nSPS) is 14.1. The largest absolute Gasteiger partial charge is 0.351 e. The number of para-hydroxylation sites is 1. The van der Waals surface area contributed by atoms with Crippen LogP contribution in [0.25, 0.3) is 10.9 Å². The quantitative estimate of drug-likeness (QED) is 0.738. The lowest BCUT2D eigenvalue weighted by Gasteiger charge is -2.09. The number of carbonyl (C=O) groups is 2. The highest BCUT2D eigenvalue weighted by Crippen LogP contribution is 2.16. The molecule has 3 rings (SSSR count). The fourth-order valence-electron chi connectivity index (χ4n) is 1.97. The van der Waals surface area contributed by atoms with Crippen molar-refractivity contribution in [2.24, 2.45) is 0 Å². The Morgan fingerprint density at radius 3 is 2.41 bits per heavy atom. The van der Waals surface area contributed by atoms with E-state index in [-0.39, 0.29) is 17.0 Å². The fourth-order valence-corrected chi connectivity index (χ4v) is 1.97. The SMILES string of the molecule is O=C1C=CC(=O)c2c1[nH]c1ccccc1c2=O. The first-order valence-corrected chi connectivity index (χ1v) is 5.10. The molecule has 1 aromatic carbocycles. The molecule has 0 spiro atoms. The van der Waals surface area contributed by atoms with E-state index < -0.39 is 11.2 Å². The predicted molar refractivity (Wildman–Crippen MR) is 62.4 cm³/mol. The van der Waals surface area contributed by atoms with E-state index in [1.807, 2.05) is 0 Å². The lowest BCUT2D eigenvalue weighted by Crippen LogP contribution is -2.24. The Bertz CT molecular complexity index is 753. The Kier molecular flexibility index (Phi) is 1.86. The molecule has 17 heavy (non-hydrogen) atoms. The maximum absolute atomic E-state index is 12.1. The topological polar surface area (TPSA) is 67.0 Å². The molecule has 4 nitrogen and oxygen atoms in total. The number of fused-ring (bicyclic) bond motifs is 2. The van der Waals surface area contributed by atoms with Gasteiger partial charge in [0.1, 0.15) is 5.69 Å². The van der Waals surface area contributed by atoms with Gasteiger partial charge in [0.15, 0.2) is 5.78 Å². The van der Waals surface area contributed by atoms with Crippen molar-refractivity contribution in [1.29, 1.82) is 0 Å². The third kappa shape index (κ3) is 1.27. The summed E-state index contributed by atoms with van der Waals surface area (Å²) in [7, 11) is 0. The Morgan fingerprint density at radius 2 is 1.59 bits per heavy atom. The van der Waals surface area contributed by atoms with Crippen molar-refractivity contribution < 1.29 is 9.59 Å². The van der Waals surface area contributed by atoms with Gasteiger partial charge in [0.2, 0.25) is 11.2 Å². The van der Waals surface area contributed by atoms with E-state index in [0.29, 0.717) is 10.9 Å². The minimum Gasteiger partial charge on any atom is -0.351 e. The highest BCUT2D eigenvalue weighted by molar-refractivity contribution is 6.22. The fraction of sp³-hybridized carbons (Fsp3) is 0. The third-order valence-electron chi connectivity index (χ3n) is 2.79. The summed E-state index contributed by atoms with van der Waals surface area (Å²) < 4.78 is 0. The Labute approximate surface area is 95.6 Å². The van der Waals surface area contributed by atoms with Gasteiger partial charge in [-0.1, -0.05) is 12.1 Å². The first-order valence-electron chi connectivity index (χ1n) is 5.10. The lowest BCUT2D eigenvalue weighted by molar-refractivity contribution is 0.0990. The van der Waals surface area contributed by atoms with Gasteiger partial charge in [0.05, 0.1) is 5.56 Å². The Morgan fingerprint density at radius 1 is 0.882 bits per heavy atom. The van der Waals surface area contributed by atoms with Crippen LogP contribution in [0.4, 0.5) is 0 Å². The number of rotatable bonds is 0. The van der Waals surface area contributed by atoms with Gasteiger partial charge in [-0.15, -0.1) is 0 Å². The van der Waals surface area contributed by atoms with Crippen LogP contribution in [0.2, 0.25) is 0 Å². The van der Waals surface area contributed by atoms with E-state index in [4.69, 9.17) is 0 Å². The lowest BCUT2D eigenvalue weighted by atomic mass is 9.97. The molecular weight excluding hydrogens is 218 g/mol. The number of carbonyl (C=O) groups excluding carboxylic acids is 2. The van der Waals surface area contributed by atoms with E-state index in [9.17, 15) is 14.4 Å². The molecule has 0 amide bonds. The van der Waals surface area contributed by atoms with Crippen LogP contribution in [0.1, 0.15) is 20.8 Å². The smallest absolute Gasteiger partial charge is 0.203 e. The first kappa shape index (κ1) is 9.72. The van der Waals surface area contributed by atoms with Crippen LogP contribution in [0.15, 0.2) is 41.2 Å².